The molecule has 17 heavy (non-hydrogen) atoms. The summed E-state index contributed by atoms with van der Waals surface area (Å²) in [6.45, 7) is 4.12. The number of rotatable bonds is 4. The standard InChI is InChI=1S/C14H19N3/c1-10-3-5-12(6-4-10)7-14(15)8-13-9-16-17-11(13)2/h3-6,9,14H,7-8,15H2,1-2H3,(H,16,17). The number of aromatic amines is 1. The lowest BCUT2D eigenvalue weighted by Gasteiger charge is -2.11. The lowest BCUT2D eigenvalue weighted by molar-refractivity contribution is 0.663. The quantitative estimate of drug-likeness (QED) is 0.844. The van der Waals surface area contributed by atoms with E-state index in [0.717, 1.165) is 18.5 Å². The van der Waals surface area contributed by atoms with Crippen LogP contribution in [0.3, 0.4) is 0 Å². The fourth-order valence-electron chi connectivity index (χ4n) is 1.96. The number of aromatic nitrogens is 2. The molecule has 0 spiro atoms. The zero-order valence-corrected chi connectivity index (χ0v) is 10.4. The van der Waals surface area contributed by atoms with Gasteiger partial charge in [0.15, 0.2) is 0 Å². The predicted molar refractivity (Wildman–Crippen MR) is 69.9 cm³/mol. The van der Waals surface area contributed by atoms with Crippen molar-refractivity contribution in [3.8, 4) is 0 Å². The van der Waals surface area contributed by atoms with Crippen molar-refractivity contribution in [2.45, 2.75) is 32.7 Å². The van der Waals surface area contributed by atoms with Gasteiger partial charge in [0.05, 0.1) is 6.20 Å². The largest absolute Gasteiger partial charge is 0.327 e. The van der Waals surface area contributed by atoms with Crippen molar-refractivity contribution < 1.29 is 0 Å². The van der Waals surface area contributed by atoms with Gasteiger partial charge >= 0.3 is 0 Å². The molecule has 2 aromatic rings. The van der Waals surface area contributed by atoms with Crippen LogP contribution in [0.5, 0.6) is 0 Å². The number of H-pyrrole nitrogens is 1. The molecule has 90 valence electrons. The van der Waals surface area contributed by atoms with Gasteiger partial charge in [-0.1, -0.05) is 29.8 Å². The average molecular weight is 229 g/mol. The molecule has 0 amide bonds. The second-order valence-electron chi connectivity index (χ2n) is 4.67. The van der Waals surface area contributed by atoms with Crippen LogP contribution in [0.15, 0.2) is 30.5 Å². The first-order valence-electron chi connectivity index (χ1n) is 5.95. The van der Waals surface area contributed by atoms with Crippen LogP contribution in [0.1, 0.15) is 22.4 Å². The summed E-state index contributed by atoms with van der Waals surface area (Å²) in [6, 6.07) is 8.71. The Morgan fingerprint density at radius 1 is 1.18 bits per heavy atom. The Morgan fingerprint density at radius 3 is 2.47 bits per heavy atom. The van der Waals surface area contributed by atoms with E-state index in [1.165, 1.54) is 16.7 Å². The summed E-state index contributed by atoms with van der Waals surface area (Å²) in [6.07, 6.45) is 3.64. The topological polar surface area (TPSA) is 54.7 Å². The number of nitrogens with zero attached hydrogens (tertiary/aromatic N) is 1. The first-order chi connectivity index (χ1) is 8.15. The Balaban J connectivity index is 1.95. The molecule has 0 saturated carbocycles. The van der Waals surface area contributed by atoms with E-state index in [1.54, 1.807) is 0 Å². The van der Waals surface area contributed by atoms with E-state index < -0.39 is 0 Å². The van der Waals surface area contributed by atoms with Gasteiger partial charge in [-0.25, -0.2) is 0 Å². The summed E-state index contributed by atoms with van der Waals surface area (Å²) in [5.41, 5.74) is 11.1. The summed E-state index contributed by atoms with van der Waals surface area (Å²) >= 11 is 0. The van der Waals surface area contributed by atoms with Crippen molar-refractivity contribution in [3.05, 3.63) is 52.8 Å². The molecule has 0 aliphatic heterocycles. The normalized spacial score (nSPS) is 12.6. The fraction of sp³-hybridized carbons (Fsp3) is 0.357. The Hall–Kier alpha value is -1.61. The van der Waals surface area contributed by atoms with Crippen molar-refractivity contribution in [2.24, 2.45) is 5.73 Å². The minimum atomic E-state index is 0.147. The molecule has 3 N–H and O–H groups in total. The molecule has 0 bridgehead atoms. The average Bonchev–Trinajstić information content (AvgIpc) is 2.68. The molecule has 1 heterocycles. The van der Waals surface area contributed by atoms with E-state index in [9.17, 15) is 0 Å². The van der Waals surface area contributed by atoms with Crippen LogP contribution in [-0.4, -0.2) is 16.2 Å². The lowest BCUT2D eigenvalue weighted by atomic mass is 10.00. The zero-order chi connectivity index (χ0) is 12.3. The number of hydrogen-bond acceptors (Lipinski definition) is 2. The molecule has 2 rings (SSSR count). The Morgan fingerprint density at radius 2 is 1.88 bits per heavy atom. The highest BCUT2D eigenvalue weighted by molar-refractivity contribution is 5.23. The lowest BCUT2D eigenvalue weighted by Crippen LogP contribution is -2.25. The molecule has 0 aliphatic carbocycles. The van der Waals surface area contributed by atoms with Crippen LogP contribution in [0.4, 0.5) is 0 Å². The van der Waals surface area contributed by atoms with Crippen LogP contribution in [-0.2, 0) is 12.8 Å². The third-order valence-corrected chi connectivity index (χ3v) is 3.03. The van der Waals surface area contributed by atoms with Gasteiger partial charge in [-0.05, 0) is 37.8 Å². The second-order valence-corrected chi connectivity index (χ2v) is 4.67. The summed E-state index contributed by atoms with van der Waals surface area (Å²) in [7, 11) is 0. The van der Waals surface area contributed by atoms with Gasteiger partial charge in [0, 0.05) is 11.7 Å². The first-order valence-corrected chi connectivity index (χ1v) is 5.95. The zero-order valence-electron chi connectivity index (χ0n) is 10.4. The molecule has 0 radical (unpaired) electrons. The van der Waals surface area contributed by atoms with E-state index in [-0.39, 0.29) is 6.04 Å². The maximum atomic E-state index is 6.16. The number of nitrogens with two attached hydrogens (primary N) is 1. The monoisotopic (exact) mass is 229 g/mol. The van der Waals surface area contributed by atoms with Gasteiger partial charge < -0.3 is 5.73 Å². The molecule has 0 fully saturated rings. The SMILES string of the molecule is Cc1ccc(CC(N)Cc2cn[nH]c2C)cc1. The van der Waals surface area contributed by atoms with Gasteiger partial charge in [0.2, 0.25) is 0 Å². The minimum Gasteiger partial charge on any atom is -0.327 e. The summed E-state index contributed by atoms with van der Waals surface area (Å²) in [4.78, 5) is 0. The van der Waals surface area contributed by atoms with Crippen molar-refractivity contribution >= 4 is 0 Å². The molecular weight excluding hydrogens is 210 g/mol. The third kappa shape index (κ3) is 3.17. The maximum absolute atomic E-state index is 6.16. The Labute approximate surface area is 102 Å². The van der Waals surface area contributed by atoms with Gasteiger partial charge in [-0.2, -0.15) is 5.10 Å². The Bertz CT molecular complexity index is 470. The van der Waals surface area contributed by atoms with Gasteiger partial charge in [-0.15, -0.1) is 0 Å². The molecule has 1 aromatic heterocycles. The van der Waals surface area contributed by atoms with Gasteiger partial charge in [0.1, 0.15) is 0 Å². The molecule has 1 aromatic carbocycles. The maximum Gasteiger partial charge on any atom is 0.0522 e. The number of benzene rings is 1. The van der Waals surface area contributed by atoms with E-state index in [1.807, 2.05) is 13.1 Å². The van der Waals surface area contributed by atoms with E-state index in [0.29, 0.717) is 0 Å². The van der Waals surface area contributed by atoms with Crippen LogP contribution in [0, 0.1) is 13.8 Å². The number of nitrogens with one attached hydrogen (secondary N) is 1. The Kier molecular flexibility index (Phi) is 3.59. The van der Waals surface area contributed by atoms with Crippen molar-refractivity contribution in [1.29, 1.82) is 0 Å². The van der Waals surface area contributed by atoms with Crippen molar-refractivity contribution in [2.75, 3.05) is 0 Å². The van der Waals surface area contributed by atoms with Crippen LogP contribution in [0.25, 0.3) is 0 Å². The summed E-state index contributed by atoms with van der Waals surface area (Å²) in [5, 5.41) is 6.95. The first kappa shape index (κ1) is 11.9. The molecule has 3 heteroatoms. The molecular formula is C14H19N3. The number of hydrogen-bond donors (Lipinski definition) is 2. The fourth-order valence-corrected chi connectivity index (χ4v) is 1.96. The molecule has 1 unspecified atom stereocenters. The second kappa shape index (κ2) is 5.15. The van der Waals surface area contributed by atoms with Gasteiger partial charge in [0.25, 0.3) is 0 Å². The predicted octanol–water partition coefficient (Wildman–Crippen LogP) is 2.14. The van der Waals surface area contributed by atoms with E-state index in [4.69, 9.17) is 5.73 Å². The smallest absolute Gasteiger partial charge is 0.0522 e. The van der Waals surface area contributed by atoms with Crippen molar-refractivity contribution in [1.82, 2.24) is 10.2 Å². The minimum absolute atomic E-state index is 0.147. The van der Waals surface area contributed by atoms with E-state index in [2.05, 4.69) is 41.4 Å². The highest BCUT2D eigenvalue weighted by Crippen LogP contribution is 2.10. The van der Waals surface area contributed by atoms with Gasteiger partial charge in [-0.3, -0.25) is 5.10 Å². The highest BCUT2D eigenvalue weighted by atomic mass is 15.1. The van der Waals surface area contributed by atoms with Crippen LogP contribution in [0.2, 0.25) is 0 Å². The molecule has 0 aliphatic rings. The third-order valence-electron chi connectivity index (χ3n) is 3.03. The van der Waals surface area contributed by atoms with Crippen LogP contribution >= 0.6 is 0 Å². The summed E-state index contributed by atoms with van der Waals surface area (Å²) in [5.74, 6) is 0. The molecule has 3 nitrogen and oxygen atoms in total. The molecule has 1 atom stereocenters. The van der Waals surface area contributed by atoms with E-state index >= 15 is 0 Å². The summed E-state index contributed by atoms with van der Waals surface area (Å²) < 4.78 is 0. The van der Waals surface area contributed by atoms with Crippen molar-refractivity contribution in [3.63, 3.8) is 0 Å². The number of aryl methyl sites for hydroxylation is 2. The molecule has 0 saturated heterocycles. The highest BCUT2D eigenvalue weighted by Gasteiger charge is 2.08. The van der Waals surface area contributed by atoms with Crippen LogP contribution < -0.4 is 5.73 Å².